The maximum atomic E-state index is 13.3. The van der Waals surface area contributed by atoms with Gasteiger partial charge in [-0.05, 0) is 25.1 Å². The van der Waals surface area contributed by atoms with Crippen molar-refractivity contribution < 1.29 is 27.9 Å². The highest BCUT2D eigenvalue weighted by molar-refractivity contribution is 6.01. The van der Waals surface area contributed by atoms with Crippen LogP contribution < -0.4 is 20.9 Å². The highest BCUT2D eigenvalue weighted by atomic mass is 19.3. The average molecular weight is 484 g/mol. The molecule has 1 atom stereocenters. The van der Waals surface area contributed by atoms with Gasteiger partial charge in [0, 0.05) is 31.1 Å². The summed E-state index contributed by atoms with van der Waals surface area (Å²) in [6.45, 7) is 1.94. The van der Waals surface area contributed by atoms with E-state index in [0.29, 0.717) is 22.8 Å². The molecule has 182 valence electrons. The van der Waals surface area contributed by atoms with Crippen LogP contribution in [-0.4, -0.2) is 46.4 Å². The number of methoxy groups -OCH3 is 1. The van der Waals surface area contributed by atoms with E-state index in [0.717, 1.165) is 0 Å². The minimum atomic E-state index is -3.02. The predicted molar refractivity (Wildman–Crippen MR) is 122 cm³/mol. The lowest BCUT2D eigenvalue weighted by Crippen LogP contribution is -2.25. The highest BCUT2D eigenvalue weighted by Gasteiger charge is 2.61. The van der Waals surface area contributed by atoms with Crippen molar-refractivity contribution in [3.63, 3.8) is 0 Å². The predicted octanol–water partition coefficient (Wildman–Crippen LogP) is 3.57. The molecular formula is C23H22F2N6O4. The molecule has 2 amide bonds. The first-order valence-corrected chi connectivity index (χ1v) is 10.7. The van der Waals surface area contributed by atoms with Crippen LogP contribution in [0.25, 0.3) is 11.4 Å². The Kier molecular flexibility index (Phi) is 6.82. The average Bonchev–Trinajstić information content (AvgIpc) is 3.51. The number of hydrogen-bond acceptors (Lipinski definition) is 8. The molecule has 0 aliphatic heterocycles. The third-order valence-corrected chi connectivity index (χ3v) is 5.15. The van der Waals surface area contributed by atoms with Crippen molar-refractivity contribution in [1.82, 2.24) is 20.4 Å². The largest absolute Gasteiger partial charge is 0.494 e. The van der Waals surface area contributed by atoms with Gasteiger partial charge in [-0.1, -0.05) is 6.07 Å². The SMILES string of the molecule is CCONC(=O)c1cnc(NC(=O)C2CC2(F)F)cc1Nc1cccc(-c2ncccn2)c1OC. The van der Waals surface area contributed by atoms with E-state index in [4.69, 9.17) is 9.57 Å². The lowest BCUT2D eigenvalue weighted by atomic mass is 10.1. The first-order chi connectivity index (χ1) is 16.8. The van der Waals surface area contributed by atoms with Crippen LogP contribution in [0.3, 0.4) is 0 Å². The summed E-state index contributed by atoms with van der Waals surface area (Å²) in [5, 5.41) is 5.47. The van der Waals surface area contributed by atoms with E-state index in [1.807, 2.05) is 0 Å². The number of pyridine rings is 1. The number of nitrogens with zero attached hydrogens (tertiary/aromatic N) is 3. The quantitative estimate of drug-likeness (QED) is 0.394. The van der Waals surface area contributed by atoms with Crippen LogP contribution >= 0.6 is 0 Å². The van der Waals surface area contributed by atoms with E-state index >= 15 is 0 Å². The second-order valence-corrected chi connectivity index (χ2v) is 7.57. The molecule has 0 spiro atoms. The van der Waals surface area contributed by atoms with Crippen LogP contribution in [0.4, 0.5) is 26.0 Å². The zero-order chi connectivity index (χ0) is 25.0. The van der Waals surface area contributed by atoms with Gasteiger partial charge in [0.15, 0.2) is 11.6 Å². The molecule has 4 rings (SSSR count). The zero-order valence-corrected chi connectivity index (χ0v) is 18.8. The van der Waals surface area contributed by atoms with Crippen molar-refractivity contribution >= 4 is 29.0 Å². The highest BCUT2D eigenvalue weighted by Crippen LogP contribution is 2.49. The molecular weight excluding hydrogens is 462 g/mol. The van der Waals surface area contributed by atoms with E-state index in [1.54, 1.807) is 43.6 Å². The van der Waals surface area contributed by atoms with Gasteiger partial charge in [-0.3, -0.25) is 14.4 Å². The number of hydroxylamine groups is 1. The third-order valence-electron chi connectivity index (χ3n) is 5.15. The van der Waals surface area contributed by atoms with E-state index in [1.165, 1.54) is 19.4 Å². The van der Waals surface area contributed by atoms with Gasteiger partial charge in [0.2, 0.25) is 5.91 Å². The number of ether oxygens (including phenoxy) is 1. The van der Waals surface area contributed by atoms with Crippen molar-refractivity contribution in [3.05, 3.63) is 54.5 Å². The summed E-state index contributed by atoms with van der Waals surface area (Å²) < 4.78 is 32.2. The lowest BCUT2D eigenvalue weighted by Gasteiger charge is -2.17. The number of hydrogen-bond donors (Lipinski definition) is 3. The normalized spacial score (nSPS) is 15.7. The van der Waals surface area contributed by atoms with Crippen LogP contribution in [-0.2, 0) is 9.63 Å². The Morgan fingerprint density at radius 1 is 1.14 bits per heavy atom. The Hall–Kier alpha value is -4.19. The maximum absolute atomic E-state index is 13.3. The summed E-state index contributed by atoms with van der Waals surface area (Å²) >= 11 is 0. The van der Waals surface area contributed by atoms with Gasteiger partial charge in [-0.15, -0.1) is 0 Å². The summed E-state index contributed by atoms with van der Waals surface area (Å²) in [6.07, 6.45) is 3.89. The van der Waals surface area contributed by atoms with Crippen LogP contribution in [0.1, 0.15) is 23.7 Å². The fourth-order valence-electron chi connectivity index (χ4n) is 3.33. The number of nitrogens with one attached hydrogen (secondary N) is 3. The second kappa shape index (κ2) is 9.97. The van der Waals surface area contributed by atoms with Crippen molar-refractivity contribution in [2.75, 3.05) is 24.4 Å². The molecule has 1 saturated carbocycles. The molecule has 0 saturated heterocycles. The first kappa shape index (κ1) is 24.0. The van der Waals surface area contributed by atoms with Crippen molar-refractivity contribution in [1.29, 1.82) is 0 Å². The molecule has 3 N–H and O–H groups in total. The molecule has 10 nitrogen and oxygen atoms in total. The summed E-state index contributed by atoms with van der Waals surface area (Å²) in [5.74, 6) is -5.05. The lowest BCUT2D eigenvalue weighted by molar-refractivity contribution is -0.119. The number of carbonyl (C=O) groups is 2. The monoisotopic (exact) mass is 484 g/mol. The van der Waals surface area contributed by atoms with Gasteiger partial charge in [0.05, 0.1) is 36.2 Å². The molecule has 1 aromatic carbocycles. The van der Waals surface area contributed by atoms with E-state index in [-0.39, 0.29) is 23.7 Å². The molecule has 1 fully saturated rings. The van der Waals surface area contributed by atoms with E-state index in [2.05, 4.69) is 31.1 Å². The first-order valence-electron chi connectivity index (χ1n) is 10.7. The maximum Gasteiger partial charge on any atom is 0.278 e. The zero-order valence-electron chi connectivity index (χ0n) is 18.8. The fraction of sp³-hybridized carbons (Fsp3) is 0.261. The molecule has 3 aromatic rings. The van der Waals surface area contributed by atoms with Crippen molar-refractivity contribution in [3.8, 4) is 17.1 Å². The summed E-state index contributed by atoms with van der Waals surface area (Å²) in [5.41, 5.74) is 3.64. The summed E-state index contributed by atoms with van der Waals surface area (Å²) in [7, 11) is 1.48. The molecule has 2 heterocycles. The molecule has 12 heteroatoms. The number of carbonyl (C=O) groups excluding carboxylic acids is 2. The Balaban J connectivity index is 1.69. The third kappa shape index (κ3) is 5.32. The Morgan fingerprint density at radius 3 is 2.54 bits per heavy atom. The molecule has 0 bridgehead atoms. The number of halogens is 2. The fourth-order valence-corrected chi connectivity index (χ4v) is 3.33. The van der Waals surface area contributed by atoms with E-state index in [9.17, 15) is 18.4 Å². The Bertz CT molecular complexity index is 1240. The second-order valence-electron chi connectivity index (χ2n) is 7.57. The van der Waals surface area contributed by atoms with E-state index < -0.39 is 30.1 Å². The molecule has 2 aromatic heterocycles. The number of benzene rings is 1. The number of aromatic nitrogens is 3. The van der Waals surface area contributed by atoms with Crippen LogP contribution in [0.15, 0.2) is 48.9 Å². The van der Waals surface area contributed by atoms with Crippen molar-refractivity contribution in [2.45, 2.75) is 19.3 Å². The minimum absolute atomic E-state index is 0.00493. The number of rotatable bonds is 9. The number of para-hydroxylation sites is 1. The summed E-state index contributed by atoms with van der Waals surface area (Å²) in [6, 6.07) is 8.28. The molecule has 1 aliphatic carbocycles. The van der Waals surface area contributed by atoms with Crippen molar-refractivity contribution in [2.24, 2.45) is 5.92 Å². The Labute approximate surface area is 199 Å². The smallest absolute Gasteiger partial charge is 0.278 e. The molecule has 1 aliphatic rings. The number of anilines is 3. The van der Waals surface area contributed by atoms with Gasteiger partial charge in [0.25, 0.3) is 11.8 Å². The van der Waals surface area contributed by atoms with Crippen LogP contribution in [0, 0.1) is 5.92 Å². The minimum Gasteiger partial charge on any atom is -0.494 e. The Morgan fingerprint density at radius 2 is 1.89 bits per heavy atom. The van der Waals surface area contributed by atoms with Gasteiger partial charge < -0.3 is 15.4 Å². The molecule has 0 radical (unpaired) electrons. The topological polar surface area (TPSA) is 127 Å². The van der Waals surface area contributed by atoms with Gasteiger partial charge in [-0.2, -0.15) is 0 Å². The van der Waals surface area contributed by atoms with Crippen LogP contribution in [0.2, 0.25) is 0 Å². The molecule has 35 heavy (non-hydrogen) atoms. The summed E-state index contributed by atoms with van der Waals surface area (Å²) in [4.78, 5) is 42.3. The van der Waals surface area contributed by atoms with Gasteiger partial charge in [0.1, 0.15) is 11.7 Å². The van der Waals surface area contributed by atoms with Gasteiger partial charge in [-0.25, -0.2) is 29.2 Å². The number of alkyl halides is 2. The van der Waals surface area contributed by atoms with Crippen LogP contribution in [0.5, 0.6) is 5.75 Å². The number of amides is 2. The van der Waals surface area contributed by atoms with Gasteiger partial charge >= 0.3 is 0 Å². The molecule has 1 unspecified atom stereocenters. The standard InChI is InChI=1S/C23H22F2N6O4/c1-3-35-31-21(32)14-12-28-18(30-22(33)15-11-23(15,24)25)10-17(14)29-16-7-4-6-13(19(16)34-2)20-26-8-5-9-27-20/h4-10,12,15H,3,11H2,1-2H3,(H,31,32)(H2,28,29,30,33).